The summed E-state index contributed by atoms with van der Waals surface area (Å²) >= 11 is 5.94. The lowest BCUT2D eigenvalue weighted by molar-refractivity contribution is 0.0983. The van der Waals surface area contributed by atoms with Crippen LogP contribution in [0.15, 0.2) is 71.1 Å². The Bertz CT molecular complexity index is 908. The number of carbonyl (C=O) groups is 1. The number of anilines is 1. The van der Waals surface area contributed by atoms with E-state index in [1.54, 1.807) is 24.3 Å². The quantitative estimate of drug-likeness (QED) is 0.307. The lowest BCUT2D eigenvalue weighted by Gasteiger charge is -2.24. The normalized spacial score (nSPS) is 10.2. The molecule has 3 aromatic rings. The van der Waals surface area contributed by atoms with Gasteiger partial charge in [-0.05, 0) is 49.2 Å². The number of hydrogen-bond acceptors (Lipinski definition) is 4. The molecule has 1 aromatic heterocycles. The van der Waals surface area contributed by atoms with E-state index >= 15 is 0 Å². The first kappa shape index (κ1) is 24.5. The fourth-order valence-corrected chi connectivity index (χ4v) is 3.17. The van der Waals surface area contributed by atoms with Crippen LogP contribution in [0.2, 0.25) is 5.02 Å². The molecule has 2 aromatic carbocycles. The lowest BCUT2D eigenvalue weighted by Crippen LogP contribution is -2.24. The minimum Gasteiger partial charge on any atom is -0.484 e. The molecule has 0 aliphatic heterocycles. The molecule has 0 aliphatic rings. The number of Topliss-reactive ketones (excluding diaryl/α,β-unsaturated/α-hetero) is 1. The van der Waals surface area contributed by atoms with Gasteiger partial charge in [0.05, 0.1) is 5.02 Å². The third-order valence-corrected chi connectivity index (χ3v) is 4.92. The molecule has 0 spiro atoms. The summed E-state index contributed by atoms with van der Waals surface area (Å²) in [6.45, 7) is 8.55. The van der Waals surface area contributed by atoms with Gasteiger partial charge >= 0.3 is 0 Å². The summed E-state index contributed by atoms with van der Waals surface area (Å²) < 4.78 is 10.8. The van der Waals surface area contributed by atoms with Crippen LogP contribution in [-0.2, 0) is 6.61 Å². The van der Waals surface area contributed by atoms with Crippen LogP contribution in [0.3, 0.4) is 0 Å². The Hall–Kier alpha value is -2.72. The number of ketones is 1. The van der Waals surface area contributed by atoms with Crippen LogP contribution in [0.4, 0.5) is 5.69 Å². The maximum Gasteiger partial charge on any atom is 0.194 e. The monoisotopic (exact) mass is 441 g/mol. The van der Waals surface area contributed by atoms with Crippen LogP contribution in [0, 0.1) is 0 Å². The van der Waals surface area contributed by atoms with Gasteiger partial charge in [-0.2, -0.15) is 0 Å². The molecule has 0 N–H and O–H groups in total. The van der Waals surface area contributed by atoms with Gasteiger partial charge in [0.2, 0.25) is 0 Å². The third kappa shape index (κ3) is 8.50. The number of benzene rings is 2. The van der Waals surface area contributed by atoms with E-state index in [9.17, 15) is 4.79 Å². The average molecular weight is 442 g/mol. The zero-order chi connectivity index (χ0) is 22.5. The Balaban J connectivity index is 0.000000225. The molecule has 4 nitrogen and oxygen atoms in total. The zero-order valence-electron chi connectivity index (χ0n) is 18.6. The molecule has 0 amide bonds. The first-order valence-electron chi connectivity index (χ1n) is 10.8. The highest BCUT2D eigenvalue weighted by molar-refractivity contribution is 6.32. The number of halogens is 1. The molecular weight excluding hydrogens is 410 g/mol. The molecule has 0 bridgehead atoms. The second kappa shape index (κ2) is 13.6. The Kier molecular flexibility index (Phi) is 10.7. The number of unbranched alkanes of at least 4 members (excludes halogenated alkanes) is 1. The van der Waals surface area contributed by atoms with Crippen molar-refractivity contribution in [3.63, 3.8) is 0 Å². The molecule has 1 heterocycles. The van der Waals surface area contributed by atoms with Crippen molar-refractivity contribution >= 4 is 23.1 Å². The van der Waals surface area contributed by atoms with E-state index < -0.39 is 0 Å². The van der Waals surface area contributed by atoms with E-state index in [1.165, 1.54) is 45.0 Å². The number of para-hydroxylation sites is 2. The molecule has 166 valence electrons. The summed E-state index contributed by atoms with van der Waals surface area (Å²) in [5, 5.41) is 0.547. The van der Waals surface area contributed by atoms with Gasteiger partial charge in [-0.25, -0.2) is 0 Å². The molecule has 5 heteroatoms. The van der Waals surface area contributed by atoms with Gasteiger partial charge < -0.3 is 14.1 Å². The summed E-state index contributed by atoms with van der Waals surface area (Å²) in [6.07, 6.45) is 3.78. The SMILES string of the molecule is CC(=O)c1ccc(COc2ccccc2Cl)o1.CCCCN(CCC)c1ccccc1. The van der Waals surface area contributed by atoms with Crippen molar-refractivity contribution in [2.45, 2.75) is 46.6 Å². The predicted molar refractivity (Wildman–Crippen MR) is 128 cm³/mol. The number of hydrogen-bond donors (Lipinski definition) is 0. The molecule has 0 radical (unpaired) electrons. The molecule has 0 atom stereocenters. The van der Waals surface area contributed by atoms with Crippen molar-refractivity contribution in [2.24, 2.45) is 0 Å². The number of furan rings is 1. The average Bonchev–Trinajstić information content (AvgIpc) is 3.27. The van der Waals surface area contributed by atoms with E-state index in [4.69, 9.17) is 20.8 Å². The smallest absolute Gasteiger partial charge is 0.194 e. The summed E-state index contributed by atoms with van der Waals surface area (Å²) in [7, 11) is 0. The van der Waals surface area contributed by atoms with Crippen LogP contribution in [0.5, 0.6) is 5.75 Å². The van der Waals surface area contributed by atoms with E-state index in [0.29, 0.717) is 22.3 Å². The minimum atomic E-state index is -0.103. The molecule has 0 saturated carbocycles. The van der Waals surface area contributed by atoms with Crippen molar-refractivity contribution in [3.8, 4) is 5.75 Å². The zero-order valence-corrected chi connectivity index (χ0v) is 19.4. The highest BCUT2D eigenvalue weighted by Gasteiger charge is 2.07. The second-order valence-electron chi connectivity index (χ2n) is 7.22. The number of nitrogens with zero attached hydrogens (tertiary/aromatic N) is 1. The first-order chi connectivity index (χ1) is 15.0. The van der Waals surface area contributed by atoms with Gasteiger partial charge in [0.15, 0.2) is 11.5 Å². The van der Waals surface area contributed by atoms with Gasteiger partial charge in [-0.3, -0.25) is 4.79 Å². The Morgan fingerprint density at radius 1 is 0.935 bits per heavy atom. The highest BCUT2D eigenvalue weighted by atomic mass is 35.5. The molecule has 31 heavy (non-hydrogen) atoms. The van der Waals surface area contributed by atoms with Gasteiger partial charge in [-0.1, -0.05) is 62.2 Å². The van der Waals surface area contributed by atoms with E-state index in [2.05, 4.69) is 49.1 Å². The molecule has 0 unspecified atom stereocenters. The van der Waals surface area contributed by atoms with Crippen molar-refractivity contribution < 1.29 is 13.9 Å². The lowest BCUT2D eigenvalue weighted by atomic mass is 10.2. The summed E-state index contributed by atoms with van der Waals surface area (Å²) in [5.41, 5.74) is 1.36. The Labute approximate surface area is 190 Å². The van der Waals surface area contributed by atoms with Crippen LogP contribution in [0.1, 0.15) is 56.3 Å². The van der Waals surface area contributed by atoms with Crippen molar-refractivity contribution in [2.75, 3.05) is 18.0 Å². The Morgan fingerprint density at radius 2 is 1.65 bits per heavy atom. The van der Waals surface area contributed by atoms with Crippen LogP contribution in [0.25, 0.3) is 0 Å². The maximum absolute atomic E-state index is 11.0. The standard InChI is InChI=1S/C13H11ClO3.C13H21N/c1-9(15)12-7-6-10(17-12)8-16-13-5-3-2-4-11(13)14;1-3-5-12-14(11-4-2)13-9-7-6-8-10-13/h2-7H,8H2,1H3;6-10H,3-5,11-12H2,1-2H3. The van der Waals surface area contributed by atoms with Crippen LogP contribution >= 0.6 is 11.6 Å². The third-order valence-electron chi connectivity index (χ3n) is 4.61. The minimum absolute atomic E-state index is 0.103. The molecule has 3 rings (SSSR count). The fourth-order valence-electron chi connectivity index (χ4n) is 2.98. The van der Waals surface area contributed by atoms with Crippen LogP contribution < -0.4 is 9.64 Å². The van der Waals surface area contributed by atoms with Crippen LogP contribution in [-0.4, -0.2) is 18.9 Å². The molecule has 0 saturated heterocycles. The first-order valence-corrected chi connectivity index (χ1v) is 11.2. The van der Waals surface area contributed by atoms with Crippen molar-refractivity contribution in [1.82, 2.24) is 0 Å². The Morgan fingerprint density at radius 3 is 2.26 bits per heavy atom. The number of rotatable bonds is 10. The fraction of sp³-hybridized carbons (Fsp3) is 0.346. The van der Waals surface area contributed by atoms with Gasteiger partial charge in [-0.15, -0.1) is 0 Å². The number of ether oxygens (including phenoxy) is 1. The van der Waals surface area contributed by atoms with E-state index in [-0.39, 0.29) is 12.4 Å². The highest BCUT2D eigenvalue weighted by Crippen LogP contribution is 2.24. The number of carbonyl (C=O) groups excluding carboxylic acids is 1. The van der Waals surface area contributed by atoms with E-state index in [1.807, 2.05) is 12.1 Å². The molecule has 0 aliphatic carbocycles. The van der Waals surface area contributed by atoms with Crippen molar-refractivity contribution in [3.05, 3.63) is 83.3 Å². The molecular formula is C26H32ClNO3. The largest absolute Gasteiger partial charge is 0.484 e. The van der Waals surface area contributed by atoms with Gasteiger partial charge in [0, 0.05) is 25.7 Å². The van der Waals surface area contributed by atoms with Gasteiger partial charge in [0.1, 0.15) is 18.1 Å². The summed E-state index contributed by atoms with van der Waals surface area (Å²) in [5.74, 6) is 1.42. The maximum atomic E-state index is 11.0. The van der Waals surface area contributed by atoms with Gasteiger partial charge in [0.25, 0.3) is 0 Å². The van der Waals surface area contributed by atoms with Crippen molar-refractivity contribution in [1.29, 1.82) is 0 Å². The van der Waals surface area contributed by atoms with E-state index in [0.717, 1.165) is 0 Å². The molecule has 0 fully saturated rings. The topological polar surface area (TPSA) is 42.7 Å². The second-order valence-corrected chi connectivity index (χ2v) is 7.62. The summed E-state index contributed by atoms with van der Waals surface area (Å²) in [6, 6.07) is 21.2. The summed E-state index contributed by atoms with van der Waals surface area (Å²) in [4.78, 5) is 13.5. The predicted octanol–water partition coefficient (Wildman–Crippen LogP) is 7.42.